The van der Waals surface area contributed by atoms with E-state index in [-0.39, 0.29) is 25.0 Å². The van der Waals surface area contributed by atoms with Gasteiger partial charge in [-0.1, -0.05) is 23.2 Å². The van der Waals surface area contributed by atoms with Crippen LogP contribution in [0, 0.1) is 0 Å². The summed E-state index contributed by atoms with van der Waals surface area (Å²) in [5, 5.41) is 0.891. The Balaban J connectivity index is 1.74. The Morgan fingerprint density at radius 2 is 2.11 bits per heavy atom. The smallest absolute Gasteiger partial charge is 0.231 e. The minimum Gasteiger partial charge on any atom is -0.492 e. The lowest BCUT2D eigenvalue weighted by molar-refractivity contribution is 0.0925. The van der Waals surface area contributed by atoms with Crippen LogP contribution in [0.5, 0.6) is 17.2 Å². The number of rotatable bonds is 4. The van der Waals surface area contributed by atoms with Gasteiger partial charge in [0, 0.05) is 35.2 Å². The second-order valence-electron chi connectivity index (χ2n) is 6.71. The Hall–Kier alpha value is -1.95. The standard InChI is InChI=1S/C20H19Cl2NO4/c1-23-6-5-11-7-17-19(27-10-26-17)20(25-2)18(11)15(23)9-16(24)13-8-12(21)3-4-14(13)22/h3-4,7-8,15H,5-6,9-10H2,1-2H3. The van der Waals surface area contributed by atoms with E-state index in [0.29, 0.717) is 32.9 Å². The Bertz CT molecular complexity index is 915. The molecule has 1 atom stereocenters. The number of carbonyl (C=O) groups is 1. The van der Waals surface area contributed by atoms with Gasteiger partial charge in [0.15, 0.2) is 17.3 Å². The molecule has 2 aromatic rings. The van der Waals surface area contributed by atoms with Gasteiger partial charge < -0.3 is 14.2 Å². The number of benzene rings is 2. The van der Waals surface area contributed by atoms with E-state index in [1.165, 1.54) is 0 Å². The average molecular weight is 408 g/mol. The summed E-state index contributed by atoms with van der Waals surface area (Å²) >= 11 is 12.3. The van der Waals surface area contributed by atoms with Gasteiger partial charge in [0.2, 0.25) is 12.5 Å². The van der Waals surface area contributed by atoms with Crippen LogP contribution in [0.25, 0.3) is 0 Å². The van der Waals surface area contributed by atoms with Crippen molar-refractivity contribution in [3.05, 3.63) is 51.0 Å². The maximum absolute atomic E-state index is 13.0. The summed E-state index contributed by atoms with van der Waals surface area (Å²) in [4.78, 5) is 15.2. The van der Waals surface area contributed by atoms with Gasteiger partial charge in [-0.3, -0.25) is 9.69 Å². The van der Waals surface area contributed by atoms with Gasteiger partial charge in [-0.2, -0.15) is 0 Å². The lowest BCUT2D eigenvalue weighted by atomic mass is 9.87. The highest BCUT2D eigenvalue weighted by Crippen LogP contribution is 2.50. The molecule has 0 aromatic heterocycles. The monoisotopic (exact) mass is 407 g/mol. The Kier molecular flexibility index (Phi) is 4.93. The van der Waals surface area contributed by atoms with Crippen LogP contribution in [0.4, 0.5) is 0 Å². The van der Waals surface area contributed by atoms with Crippen molar-refractivity contribution in [3.63, 3.8) is 0 Å². The molecular formula is C20H19Cl2NO4. The van der Waals surface area contributed by atoms with Crippen molar-refractivity contribution in [1.29, 1.82) is 0 Å². The molecule has 0 aliphatic carbocycles. The second kappa shape index (κ2) is 7.23. The summed E-state index contributed by atoms with van der Waals surface area (Å²) in [7, 11) is 3.61. The lowest BCUT2D eigenvalue weighted by Gasteiger charge is -2.35. The quantitative estimate of drug-likeness (QED) is 0.696. The molecule has 1 unspecified atom stereocenters. The second-order valence-corrected chi connectivity index (χ2v) is 7.56. The lowest BCUT2D eigenvalue weighted by Crippen LogP contribution is -2.34. The first-order valence-corrected chi connectivity index (χ1v) is 9.43. The number of fused-ring (bicyclic) bond motifs is 2. The Morgan fingerprint density at radius 3 is 2.89 bits per heavy atom. The van der Waals surface area contributed by atoms with E-state index in [0.717, 1.165) is 24.1 Å². The molecule has 0 amide bonds. The summed E-state index contributed by atoms with van der Waals surface area (Å²) in [5.41, 5.74) is 2.52. The number of ketones is 1. The number of nitrogens with zero attached hydrogens (tertiary/aromatic N) is 1. The van der Waals surface area contributed by atoms with Crippen molar-refractivity contribution in [2.45, 2.75) is 18.9 Å². The first kappa shape index (κ1) is 18.4. The van der Waals surface area contributed by atoms with Crippen molar-refractivity contribution in [2.24, 2.45) is 0 Å². The number of halogens is 2. The van der Waals surface area contributed by atoms with Gasteiger partial charge in [0.1, 0.15) is 0 Å². The maximum Gasteiger partial charge on any atom is 0.231 e. The van der Waals surface area contributed by atoms with Gasteiger partial charge in [0.05, 0.1) is 12.1 Å². The third-order valence-corrected chi connectivity index (χ3v) is 5.72. The van der Waals surface area contributed by atoms with E-state index >= 15 is 0 Å². The number of ether oxygens (including phenoxy) is 3. The molecule has 2 heterocycles. The number of hydrogen-bond donors (Lipinski definition) is 0. The predicted octanol–water partition coefficient (Wildman–Crippen LogP) is 4.53. The maximum atomic E-state index is 13.0. The molecule has 2 aliphatic rings. The number of hydrogen-bond acceptors (Lipinski definition) is 5. The fraction of sp³-hybridized carbons (Fsp3) is 0.350. The van der Waals surface area contributed by atoms with Crippen molar-refractivity contribution >= 4 is 29.0 Å². The zero-order valence-corrected chi connectivity index (χ0v) is 16.6. The highest BCUT2D eigenvalue weighted by atomic mass is 35.5. The number of carbonyl (C=O) groups excluding carboxylic acids is 1. The van der Waals surface area contributed by atoms with Crippen molar-refractivity contribution < 1.29 is 19.0 Å². The number of methoxy groups -OCH3 is 1. The third kappa shape index (κ3) is 3.24. The summed E-state index contributed by atoms with van der Waals surface area (Å²) in [6.07, 6.45) is 1.11. The Labute approximate surface area is 167 Å². The zero-order valence-electron chi connectivity index (χ0n) is 15.1. The highest BCUT2D eigenvalue weighted by Gasteiger charge is 2.35. The van der Waals surface area contributed by atoms with Crippen LogP contribution < -0.4 is 14.2 Å². The fourth-order valence-electron chi connectivity index (χ4n) is 3.78. The van der Waals surface area contributed by atoms with E-state index in [2.05, 4.69) is 4.90 Å². The van der Waals surface area contributed by atoms with Crippen LogP contribution in [-0.2, 0) is 6.42 Å². The molecule has 0 bridgehead atoms. The zero-order chi connectivity index (χ0) is 19.1. The molecule has 7 heteroatoms. The van der Waals surface area contributed by atoms with E-state index in [1.54, 1.807) is 25.3 Å². The topological polar surface area (TPSA) is 48.0 Å². The molecule has 0 saturated carbocycles. The molecule has 0 saturated heterocycles. The molecule has 27 heavy (non-hydrogen) atoms. The number of Topliss-reactive ketones (excluding diaryl/α,β-unsaturated/α-hetero) is 1. The first-order valence-electron chi connectivity index (χ1n) is 8.67. The number of likely N-dealkylation sites (N-methyl/N-ethyl adjacent to an activating group) is 1. The fourth-order valence-corrected chi connectivity index (χ4v) is 4.17. The SMILES string of the molecule is COc1c2c(cc3c1C(CC(=O)c1cc(Cl)ccc1Cl)N(C)CC3)OCO2. The van der Waals surface area contributed by atoms with E-state index < -0.39 is 0 Å². The van der Waals surface area contributed by atoms with Crippen LogP contribution in [0.15, 0.2) is 24.3 Å². The molecule has 0 spiro atoms. The van der Waals surface area contributed by atoms with Crippen molar-refractivity contribution in [1.82, 2.24) is 4.90 Å². The summed E-state index contributed by atoms with van der Waals surface area (Å²) in [6, 6.07) is 6.78. The van der Waals surface area contributed by atoms with Gasteiger partial charge in [0.25, 0.3) is 0 Å². The van der Waals surface area contributed by atoms with Crippen molar-refractivity contribution in [2.75, 3.05) is 27.5 Å². The van der Waals surface area contributed by atoms with Gasteiger partial charge in [-0.15, -0.1) is 0 Å². The molecule has 0 N–H and O–H groups in total. The van der Waals surface area contributed by atoms with Crippen LogP contribution in [0.2, 0.25) is 10.0 Å². The largest absolute Gasteiger partial charge is 0.492 e. The van der Waals surface area contributed by atoms with Crippen LogP contribution >= 0.6 is 23.2 Å². The van der Waals surface area contributed by atoms with Gasteiger partial charge in [-0.25, -0.2) is 0 Å². The summed E-state index contributed by atoms with van der Waals surface area (Å²) in [5.74, 6) is 1.87. The molecule has 0 fully saturated rings. The van der Waals surface area contributed by atoms with Crippen LogP contribution in [-0.4, -0.2) is 38.2 Å². The molecule has 2 aromatic carbocycles. The van der Waals surface area contributed by atoms with Crippen molar-refractivity contribution in [3.8, 4) is 17.2 Å². The molecule has 142 valence electrons. The highest BCUT2D eigenvalue weighted by molar-refractivity contribution is 6.35. The molecule has 5 nitrogen and oxygen atoms in total. The minimum absolute atomic E-state index is 0.0630. The Morgan fingerprint density at radius 1 is 1.30 bits per heavy atom. The van der Waals surface area contributed by atoms with Gasteiger partial charge >= 0.3 is 0 Å². The molecule has 0 radical (unpaired) electrons. The van der Waals surface area contributed by atoms with Gasteiger partial charge in [-0.05, 0) is 43.3 Å². The van der Waals surface area contributed by atoms with Crippen LogP contribution in [0.1, 0.15) is 33.9 Å². The molecular weight excluding hydrogens is 389 g/mol. The van der Waals surface area contributed by atoms with E-state index in [4.69, 9.17) is 37.4 Å². The summed E-state index contributed by atoms with van der Waals surface area (Å²) in [6.45, 7) is 1.00. The van der Waals surface area contributed by atoms with Crippen LogP contribution in [0.3, 0.4) is 0 Å². The first-order chi connectivity index (χ1) is 13.0. The predicted molar refractivity (Wildman–Crippen MR) is 104 cm³/mol. The average Bonchev–Trinajstić information content (AvgIpc) is 3.12. The van der Waals surface area contributed by atoms with E-state index in [9.17, 15) is 4.79 Å². The molecule has 2 aliphatic heterocycles. The normalized spacial score (nSPS) is 18.3. The minimum atomic E-state index is -0.152. The third-order valence-electron chi connectivity index (χ3n) is 5.15. The summed E-state index contributed by atoms with van der Waals surface area (Å²) < 4.78 is 16.8. The van der Waals surface area contributed by atoms with E-state index in [1.807, 2.05) is 13.1 Å². The molecule has 4 rings (SSSR count).